The van der Waals surface area contributed by atoms with Crippen molar-refractivity contribution in [2.24, 2.45) is 5.73 Å². The van der Waals surface area contributed by atoms with Crippen LogP contribution in [-0.4, -0.2) is 11.5 Å². The van der Waals surface area contributed by atoms with Gasteiger partial charge in [-0.2, -0.15) is 4.39 Å². The van der Waals surface area contributed by atoms with Crippen molar-refractivity contribution in [2.45, 2.75) is 6.42 Å². The van der Waals surface area contributed by atoms with E-state index in [1.165, 1.54) is 6.07 Å². The smallest absolute Gasteiger partial charge is 0.304 e. The molecule has 0 saturated heterocycles. The molecule has 0 aromatic heterocycles. The molecule has 0 aliphatic carbocycles. The second-order valence-electron chi connectivity index (χ2n) is 2.58. The molecule has 0 fully saturated rings. The minimum atomic E-state index is -0.809. The molecule has 1 rings (SSSR count). The van der Waals surface area contributed by atoms with Gasteiger partial charge in [-0.1, -0.05) is 6.07 Å². The summed E-state index contributed by atoms with van der Waals surface area (Å²) in [5, 5.41) is 10.2. The van der Waals surface area contributed by atoms with Crippen molar-refractivity contribution in [1.29, 1.82) is 0 Å². The molecule has 4 nitrogen and oxygen atoms in total. The first kappa shape index (κ1) is 9.60. The van der Waals surface area contributed by atoms with Crippen LogP contribution in [0.15, 0.2) is 18.2 Å². The van der Waals surface area contributed by atoms with E-state index >= 15 is 0 Å². The van der Waals surface area contributed by atoms with Crippen LogP contribution in [0.1, 0.15) is 5.56 Å². The van der Waals surface area contributed by atoms with E-state index in [1.54, 1.807) is 0 Å². The summed E-state index contributed by atoms with van der Waals surface area (Å²) in [4.78, 5) is 9.48. The van der Waals surface area contributed by atoms with E-state index < -0.39 is 16.4 Å². The molecule has 0 saturated carbocycles. The van der Waals surface area contributed by atoms with Crippen LogP contribution in [0.25, 0.3) is 0 Å². The van der Waals surface area contributed by atoms with Gasteiger partial charge in [0.2, 0.25) is 5.82 Å². The van der Waals surface area contributed by atoms with E-state index in [0.29, 0.717) is 18.5 Å². The first-order chi connectivity index (χ1) is 6.15. The van der Waals surface area contributed by atoms with Crippen LogP contribution in [0.5, 0.6) is 0 Å². The zero-order chi connectivity index (χ0) is 9.84. The second kappa shape index (κ2) is 3.95. The summed E-state index contributed by atoms with van der Waals surface area (Å²) < 4.78 is 12.9. The quantitative estimate of drug-likeness (QED) is 0.567. The van der Waals surface area contributed by atoms with E-state index in [1.807, 2.05) is 0 Å². The lowest BCUT2D eigenvalue weighted by Crippen LogP contribution is -2.03. The van der Waals surface area contributed by atoms with Gasteiger partial charge in [-0.05, 0) is 24.6 Å². The fourth-order valence-corrected chi connectivity index (χ4v) is 1.02. The Labute approximate surface area is 74.3 Å². The Hall–Kier alpha value is -1.49. The fourth-order valence-electron chi connectivity index (χ4n) is 1.02. The Morgan fingerprint density at radius 2 is 2.23 bits per heavy atom. The predicted octanol–water partition coefficient (Wildman–Crippen LogP) is 1.24. The molecule has 0 radical (unpaired) electrons. The van der Waals surface area contributed by atoms with Crippen LogP contribution in [0, 0.1) is 15.9 Å². The van der Waals surface area contributed by atoms with Gasteiger partial charge in [0.1, 0.15) is 0 Å². The van der Waals surface area contributed by atoms with Crippen LogP contribution in [0.4, 0.5) is 10.1 Å². The van der Waals surface area contributed by atoms with Crippen molar-refractivity contribution < 1.29 is 9.31 Å². The normalized spacial score (nSPS) is 10.0. The molecule has 0 heterocycles. The van der Waals surface area contributed by atoms with E-state index in [9.17, 15) is 14.5 Å². The van der Waals surface area contributed by atoms with Crippen molar-refractivity contribution in [3.05, 3.63) is 39.7 Å². The van der Waals surface area contributed by atoms with E-state index in [-0.39, 0.29) is 0 Å². The van der Waals surface area contributed by atoms with Crippen molar-refractivity contribution in [2.75, 3.05) is 6.54 Å². The SMILES string of the molecule is NCCc1ccc([N+](=O)[O-])c(F)c1. The zero-order valence-electron chi connectivity index (χ0n) is 6.87. The maximum atomic E-state index is 12.9. The molecule has 0 aliphatic rings. The van der Waals surface area contributed by atoms with Gasteiger partial charge in [-0.15, -0.1) is 0 Å². The summed E-state index contributed by atoms with van der Waals surface area (Å²) in [5.74, 6) is -0.809. The topological polar surface area (TPSA) is 69.2 Å². The highest BCUT2D eigenvalue weighted by molar-refractivity contribution is 5.35. The monoisotopic (exact) mass is 184 g/mol. The number of hydrogen-bond acceptors (Lipinski definition) is 3. The van der Waals surface area contributed by atoms with Gasteiger partial charge in [-0.25, -0.2) is 0 Å². The summed E-state index contributed by atoms with van der Waals surface area (Å²) in [7, 11) is 0. The summed E-state index contributed by atoms with van der Waals surface area (Å²) in [6, 6.07) is 3.80. The molecule has 5 heteroatoms. The number of nitro benzene ring substituents is 1. The number of benzene rings is 1. The van der Waals surface area contributed by atoms with E-state index in [4.69, 9.17) is 5.73 Å². The summed E-state index contributed by atoms with van der Waals surface area (Å²) >= 11 is 0. The maximum Gasteiger partial charge on any atom is 0.304 e. The number of nitrogens with zero attached hydrogens (tertiary/aromatic N) is 1. The zero-order valence-corrected chi connectivity index (χ0v) is 6.87. The van der Waals surface area contributed by atoms with Crippen LogP contribution in [0.2, 0.25) is 0 Å². The van der Waals surface area contributed by atoms with E-state index in [2.05, 4.69) is 0 Å². The molecule has 2 N–H and O–H groups in total. The summed E-state index contributed by atoms with van der Waals surface area (Å²) in [6.07, 6.45) is 0.523. The molecular formula is C8H9FN2O2. The Morgan fingerprint density at radius 1 is 1.54 bits per heavy atom. The van der Waals surface area contributed by atoms with Gasteiger partial charge in [0.15, 0.2) is 0 Å². The number of nitro groups is 1. The van der Waals surface area contributed by atoms with Crippen LogP contribution in [-0.2, 0) is 6.42 Å². The van der Waals surface area contributed by atoms with Gasteiger partial charge >= 0.3 is 5.69 Å². The molecular weight excluding hydrogens is 175 g/mol. The lowest BCUT2D eigenvalue weighted by molar-refractivity contribution is -0.387. The average Bonchev–Trinajstić information content (AvgIpc) is 2.04. The molecule has 1 aromatic carbocycles. The third-order valence-electron chi connectivity index (χ3n) is 1.64. The lowest BCUT2D eigenvalue weighted by Gasteiger charge is -1.98. The molecule has 0 amide bonds. The highest BCUT2D eigenvalue weighted by Gasteiger charge is 2.12. The number of rotatable bonds is 3. The Kier molecular flexibility index (Phi) is 2.92. The first-order valence-electron chi connectivity index (χ1n) is 3.78. The average molecular weight is 184 g/mol. The van der Waals surface area contributed by atoms with Crippen LogP contribution < -0.4 is 5.73 Å². The number of halogens is 1. The fraction of sp³-hybridized carbons (Fsp3) is 0.250. The first-order valence-corrected chi connectivity index (χ1v) is 3.78. The molecule has 0 unspecified atom stereocenters. The molecule has 0 aliphatic heterocycles. The Bertz CT molecular complexity index is 328. The Morgan fingerprint density at radius 3 is 2.69 bits per heavy atom. The van der Waals surface area contributed by atoms with Gasteiger partial charge in [0.25, 0.3) is 0 Å². The third kappa shape index (κ3) is 2.22. The molecule has 1 aromatic rings. The molecule has 0 atom stereocenters. The number of nitrogens with two attached hydrogens (primary N) is 1. The molecule has 70 valence electrons. The van der Waals surface area contributed by atoms with Crippen molar-refractivity contribution >= 4 is 5.69 Å². The van der Waals surface area contributed by atoms with Gasteiger partial charge in [0.05, 0.1) is 4.92 Å². The largest absolute Gasteiger partial charge is 0.330 e. The summed E-state index contributed by atoms with van der Waals surface area (Å²) in [5.41, 5.74) is 5.42. The van der Waals surface area contributed by atoms with Crippen LogP contribution in [0.3, 0.4) is 0 Å². The summed E-state index contributed by atoms with van der Waals surface area (Å²) in [6.45, 7) is 0.400. The van der Waals surface area contributed by atoms with E-state index in [0.717, 1.165) is 12.1 Å². The van der Waals surface area contributed by atoms with Gasteiger partial charge < -0.3 is 5.73 Å². The maximum absolute atomic E-state index is 12.9. The lowest BCUT2D eigenvalue weighted by atomic mass is 10.1. The highest BCUT2D eigenvalue weighted by Crippen LogP contribution is 2.17. The minimum Gasteiger partial charge on any atom is -0.330 e. The number of hydrogen-bond donors (Lipinski definition) is 1. The predicted molar refractivity (Wildman–Crippen MR) is 45.8 cm³/mol. The van der Waals surface area contributed by atoms with Crippen molar-refractivity contribution in [3.63, 3.8) is 0 Å². The minimum absolute atomic E-state index is 0.400. The molecule has 13 heavy (non-hydrogen) atoms. The molecule has 0 bridgehead atoms. The highest BCUT2D eigenvalue weighted by atomic mass is 19.1. The third-order valence-corrected chi connectivity index (χ3v) is 1.64. The van der Waals surface area contributed by atoms with Crippen molar-refractivity contribution in [3.8, 4) is 0 Å². The van der Waals surface area contributed by atoms with Gasteiger partial charge in [-0.3, -0.25) is 10.1 Å². The van der Waals surface area contributed by atoms with Crippen molar-refractivity contribution in [1.82, 2.24) is 0 Å². The molecule has 0 spiro atoms. The Balaban J connectivity index is 2.98. The van der Waals surface area contributed by atoms with Gasteiger partial charge in [0, 0.05) is 6.07 Å². The standard InChI is InChI=1S/C8H9FN2O2/c9-7-5-6(3-4-10)1-2-8(7)11(12)13/h1-2,5H,3-4,10H2. The van der Waals surface area contributed by atoms with Crippen LogP contribution >= 0.6 is 0 Å². The second-order valence-corrected chi connectivity index (χ2v) is 2.58.